The summed E-state index contributed by atoms with van der Waals surface area (Å²) in [7, 11) is 0. The lowest BCUT2D eigenvalue weighted by Gasteiger charge is -2.18. The maximum absolute atomic E-state index is 5.10. The molecule has 456 valence electrons. The standard InChI is InChI=1S/2C47H29NS/c1-2-10-30(11-3-1)31-18-20-33(21-19-31)45-37-14-6-8-16-39(37)46(40-17-9-7-15-38(40)45)35-22-25-42(48-29-35)34-24-26-43-41(28-34)47-36-13-5-4-12-32(36)23-27-44(47)49-43;1-2-10-30(11-3-1)31-18-20-33(21-19-31)45-37-14-6-8-16-39(37)46(40-17-9-7-15-38(40)45)35-23-26-42(48-29-35)34-22-25-41-44(28-34)49-43-27-24-32-12-4-5-13-36(32)47(41)43/h2*1-29H. The molecular formula is C94H58N2S2. The molecule has 0 N–H and O–H groups in total. The average Bonchev–Trinajstić information content (AvgIpc) is 1.07. The summed E-state index contributed by atoms with van der Waals surface area (Å²) in [5.41, 5.74) is 18.8. The van der Waals surface area contributed by atoms with Crippen LogP contribution in [0.5, 0.6) is 0 Å². The summed E-state index contributed by atoms with van der Waals surface area (Å²) in [6, 6.07) is 123. The summed E-state index contributed by atoms with van der Waals surface area (Å²) in [5.74, 6) is 0. The van der Waals surface area contributed by atoms with Crippen molar-refractivity contribution in [1.82, 2.24) is 9.97 Å². The highest BCUT2D eigenvalue weighted by Gasteiger charge is 2.21. The molecule has 20 aromatic rings. The lowest BCUT2D eigenvalue weighted by Crippen LogP contribution is -1.92. The number of hydrogen-bond donors (Lipinski definition) is 0. The number of pyridine rings is 2. The Labute approximate surface area is 574 Å². The van der Waals surface area contributed by atoms with Crippen molar-refractivity contribution < 1.29 is 0 Å². The van der Waals surface area contributed by atoms with Crippen LogP contribution >= 0.6 is 22.7 Å². The molecule has 0 fully saturated rings. The van der Waals surface area contributed by atoms with Crippen LogP contribution < -0.4 is 0 Å². The molecule has 0 radical (unpaired) electrons. The first kappa shape index (κ1) is 57.3. The van der Waals surface area contributed by atoms with Crippen LogP contribution in [0.1, 0.15) is 0 Å². The lowest BCUT2D eigenvalue weighted by atomic mass is 9.86. The lowest BCUT2D eigenvalue weighted by molar-refractivity contribution is 1.33. The van der Waals surface area contributed by atoms with Gasteiger partial charge in [0.05, 0.1) is 11.4 Å². The van der Waals surface area contributed by atoms with Crippen LogP contribution in [0.25, 0.3) is 194 Å². The Balaban J connectivity index is 0.000000137. The highest BCUT2D eigenvalue weighted by atomic mass is 32.1. The molecule has 20 rings (SSSR count). The van der Waals surface area contributed by atoms with E-state index in [1.165, 1.54) is 161 Å². The second-order valence-electron chi connectivity index (χ2n) is 25.4. The van der Waals surface area contributed by atoms with Crippen LogP contribution in [-0.4, -0.2) is 9.97 Å². The monoisotopic (exact) mass is 1280 g/mol. The average molecular weight is 1280 g/mol. The van der Waals surface area contributed by atoms with Crippen LogP contribution in [0, 0.1) is 0 Å². The second-order valence-corrected chi connectivity index (χ2v) is 27.5. The molecule has 0 bridgehead atoms. The number of rotatable bonds is 8. The van der Waals surface area contributed by atoms with Gasteiger partial charge in [0.2, 0.25) is 0 Å². The largest absolute Gasteiger partial charge is 0.256 e. The van der Waals surface area contributed by atoms with E-state index in [1.54, 1.807) is 0 Å². The Morgan fingerprint density at radius 3 is 0.898 bits per heavy atom. The van der Waals surface area contributed by atoms with E-state index in [0.29, 0.717) is 0 Å². The minimum atomic E-state index is 0.981. The third kappa shape index (κ3) is 9.83. The van der Waals surface area contributed by atoms with E-state index >= 15 is 0 Å². The molecule has 4 heteroatoms. The number of aromatic nitrogens is 2. The van der Waals surface area contributed by atoms with Crippen molar-refractivity contribution in [1.29, 1.82) is 0 Å². The molecule has 0 unspecified atom stereocenters. The van der Waals surface area contributed by atoms with Crippen molar-refractivity contribution >= 4 is 128 Å². The molecule has 16 aromatic carbocycles. The van der Waals surface area contributed by atoms with Crippen LogP contribution in [0.3, 0.4) is 0 Å². The van der Waals surface area contributed by atoms with Gasteiger partial charge in [-0.3, -0.25) is 9.97 Å². The molecule has 0 spiro atoms. The Hall–Kier alpha value is -12.2. The molecule has 2 nitrogen and oxygen atoms in total. The fraction of sp³-hybridized carbons (Fsp3) is 0. The van der Waals surface area contributed by atoms with Crippen molar-refractivity contribution in [3.05, 3.63) is 352 Å². The molecule has 0 aliphatic carbocycles. The highest BCUT2D eigenvalue weighted by Crippen LogP contribution is 2.48. The van der Waals surface area contributed by atoms with E-state index in [0.717, 1.165) is 33.6 Å². The predicted molar refractivity (Wildman–Crippen MR) is 423 cm³/mol. The Bertz CT molecular complexity index is 6370. The molecule has 4 heterocycles. The fourth-order valence-electron chi connectivity index (χ4n) is 15.3. The number of fused-ring (bicyclic) bond motifs is 14. The van der Waals surface area contributed by atoms with E-state index in [2.05, 4.69) is 352 Å². The molecule has 0 saturated carbocycles. The SMILES string of the molecule is c1ccc(-c2ccc(-c3c4ccccc4c(-c4ccc(-c5ccc6c(c5)sc5ccc7ccccc7c56)nc4)c4ccccc34)cc2)cc1.c1ccc(-c2ccc(-c3c4ccccc4c(-c4ccc(-c5ccc6sc7ccc8ccccc8c7c6c5)nc4)c4ccccc34)cc2)cc1. The van der Waals surface area contributed by atoms with Gasteiger partial charge in [0.15, 0.2) is 0 Å². The summed E-state index contributed by atoms with van der Waals surface area (Å²) in [6.07, 6.45) is 4.11. The van der Waals surface area contributed by atoms with Crippen molar-refractivity contribution in [2.75, 3.05) is 0 Å². The summed E-state index contributed by atoms with van der Waals surface area (Å²) in [4.78, 5) is 10.2. The molecule has 0 amide bonds. The minimum Gasteiger partial charge on any atom is -0.256 e. The van der Waals surface area contributed by atoms with Crippen molar-refractivity contribution in [3.8, 4) is 89.3 Å². The van der Waals surface area contributed by atoms with Gasteiger partial charge in [0.25, 0.3) is 0 Å². The number of hydrogen-bond acceptors (Lipinski definition) is 4. The normalized spacial score (nSPS) is 11.7. The molecule has 4 aromatic heterocycles. The van der Waals surface area contributed by atoms with Crippen LogP contribution in [0.15, 0.2) is 352 Å². The zero-order chi connectivity index (χ0) is 64.6. The molecule has 0 aliphatic rings. The third-order valence-corrected chi connectivity index (χ3v) is 22.1. The summed E-state index contributed by atoms with van der Waals surface area (Å²) < 4.78 is 5.24. The third-order valence-electron chi connectivity index (χ3n) is 19.8. The van der Waals surface area contributed by atoms with Crippen molar-refractivity contribution in [2.45, 2.75) is 0 Å². The number of thiophene rings is 2. The first-order valence-electron chi connectivity index (χ1n) is 33.4. The van der Waals surface area contributed by atoms with Crippen molar-refractivity contribution in [3.63, 3.8) is 0 Å². The Kier molecular flexibility index (Phi) is 14.0. The molecule has 98 heavy (non-hydrogen) atoms. The number of nitrogens with zero attached hydrogens (tertiary/aromatic N) is 2. The smallest absolute Gasteiger partial charge is 0.0702 e. The summed E-state index contributed by atoms with van der Waals surface area (Å²) >= 11 is 3.72. The zero-order valence-corrected chi connectivity index (χ0v) is 54.8. The maximum Gasteiger partial charge on any atom is 0.0702 e. The van der Waals surface area contributed by atoms with Gasteiger partial charge in [-0.25, -0.2) is 0 Å². The van der Waals surface area contributed by atoms with Gasteiger partial charge in [-0.15, -0.1) is 22.7 Å². The minimum absolute atomic E-state index is 0.981. The van der Waals surface area contributed by atoms with E-state index < -0.39 is 0 Å². The van der Waals surface area contributed by atoms with Gasteiger partial charge < -0.3 is 0 Å². The molecule has 0 atom stereocenters. The molecule has 0 aliphatic heterocycles. The van der Waals surface area contributed by atoms with Gasteiger partial charge in [-0.1, -0.05) is 297 Å². The summed E-state index contributed by atoms with van der Waals surface area (Å²) in [6.45, 7) is 0. The second kappa shape index (κ2) is 23.9. The van der Waals surface area contributed by atoms with Gasteiger partial charge in [0, 0.05) is 75.0 Å². The van der Waals surface area contributed by atoms with Gasteiger partial charge in [0.1, 0.15) is 0 Å². The van der Waals surface area contributed by atoms with E-state index in [-0.39, 0.29) is 0 Å². The molecular weight excluding hydrogens is 1220 g/mol. The zero-order valence-electron chi connectivity index (χ0n) is 53.2. The van der Waals surface area contributed by atoms with E-state index in [1.807, 2.05) is 22.7 Å². The topological polar surface area (TPSA) is 25.8 Å². The van der Waals surface area contributed by atoms with Gasteiger partial charge in [-0.05, 0) is 163 Å². The number of benzene rings is 16. The fourth-order valence-corrected chi connectivity index (χ4v) is 17.5. The predicted octanol–water partition coefficient (Wildman–Crippen LogP) is 27.2. The Morgan fingerprint density at radius 1 is 0.173 bits per heavy atom. The first-order valence-corrected chi connectivity index (χ1v) is 35.0. The van der Waals surface area contributed by atoms with Crippen LogP contribution in [0.4, 0.5) is 0 Å². The van der Waals surface area contributed by atoms with E-state index in [9.17, 15) is 0 Å². The van der Waals surface area contributed by atoms with Crippen molar-refractivity contribution in [2.24, 2.45) is 0 Å². The van der Waals surface area contributed by atoms with Crippen LogP contribution in [0.2, 0.25) is 0 Å². The highest BCUT2D eigenvalue weighted by molar-refractivity contribution is 7.26. The van der Waals surface area contributed by atoms with E-state index in [4.69, 9.17) is 9.97 Å². The van der Waals surface area contributed by atoms with Gasteiger partial charge in [-0.2, -0.15) is 0 Å². The van der Waals surface area contributed by atoms with Gasteiger partial charge >= 0.3 is 0 Å². The Morgan fingerprint density at radius 2 is 0.480 bits per heavy atom. The van der Waals surface area contributed by atoms with Crippen LogP contribution in [-0.2, 0) is 0 Å². The quantitative estimate of drug-likeness (QED) is 0.142. The first-order chi connectivity index (χ1) is 48.6. The maximum atomic E-state index is 5.10. The molecule has 0 saturated heterocycles. The summed E-state index contributed by atoms with van der Waals surface area (Å²) in [5, 5.41) is 20.4.